The minimum Gasteiger partial charge on any atom is -0.464 e. The standard InChI is InChI=1S/C26H36N3O4/c1-27(19-21-33-26(30)8-6-5-7-20-29(2,3)4)24-15-11-22(12-16-24)9-10-23-13-17-25(18-14-23)28(31)32/h9-18H,5-8,19-21H2,1-4H3/q+1/b10-9+. The second-order valence-electron chi connectivity index (χ2n) is 9.24. The van der Waals surface area contributed by atoms with Crippen molar-refractivity contribution in [2.45, 2.75) is 25.7 Å². The normalized spacial score (nSPS) is 11.5. The lowest BCUT2D eigenvalue weighted by Crippen LogP contribution is -2.35. The number of nitro groups is 1. The number of likely N-dealkylation sites (N-methyl/N-ethyl adjacent to an activating group) is 1. The number of esters is 1. The van der Waals surface area contributed by atoms with Crippen molar-refractivity contribution in [2.75, 3.05) is 52.8 Å². The molecule has 0 amide bonds. The Kier molecular flexibility index (Phi) is 10.1. The Labute approximate surface area is 197 Å². The second kappa shape index (κ2) is 12.7. The Bertz CT molecular complexity index is 916. The molecule has 178 valence electrons. The quantitative estimate of drug-likeness (QED) is 0.106. The largest absolute Gasteiger partial charge is 0.464 e. The van der Waals surface area contributed by atoms with Gasteiger partial charge in [0.2, 0.25) is 0 Å². The number of carbonyl (C=O) groups is 1. The Morgan fingerprint density at radius 2 is 1.55 bits per heavy atom. The van der Waals surface area contributed by atoms with Gasteiger partial charge >= 0.3 is 5.97 Å². The number of non-ortho nitro benzene ring substituents is 1. The van der Waals surface area contributed by atoms with E-state index in [9.17, 15) is 14.9 Å². The summed E-state index contributed by atoms with van der Waals surface area (Å²) in [6.45, 7) is 2.12. The van der Waals surface area contributed by atoms with Gasteiger partial charge in [0.05, 0.1) is 39.2 Å². The first-order valence-electron chi connectivity index (χ1n) is 11.3. The van der Waals surface area contributed by atoms with Crippen LogP contribution in [0.5, 0.6) is 0 Å². The number of carbonyl (C=O) groups excluding carboxylic acids is 1. The Balaban J connectivity index is 1.70. The maximum Gasteiger partial charge on any atom is 0.305 e. The van der Waals surface area contributed by atoms with Crippen LogP contribution in [0.1, 0.15) is 36.8 Å². The first-order valence-corrected chi connectivity index (χ1v) is 11.3. The molecule has 0 unspecified atom stereocenters. The molecule has 0 atom stereocenters. The number of nitrogens with zero attached hydrogens (tertiary/aromatic N) is 3. The van der Waals surface area contributed by atoms with Crippen molar-refractivity contribution in [3.05, 3.63) is 69.8 Å². The molecule has 2 aromatic carbocycles. The van der Waals surface area contributed by atoms with Crippen molar-refractivity contribution in [3.8, 4) is 0 Å². The third-order valence-electron chi connectivity index (χ3n) is 5.31. The molecule has 0 aliphatic heterocycles. The van der Waals surface area contributed by atoms with E-state index >= 15 is 0 Å². The fourth-order valence-corrected chi connectivity index (χ4v) is 3.27. The van der Waals surface area contributed by atoms with Gasteiger partial charge in [-0.2, -0.15) is 0 Å². The van der Waals surface area contributed by atoms with Gasteiger partial charge in [-0.15, -0.1) is 0 Å². The average Bonchev–Trinajstić information content (AvgIpc) is 2.77. The third kappa shape index (κ3) is 10.3. The molecule has 0 aliphatic rings. The van der Waals surface area contributed by atoms with Gasteiger partial charge in [-0.3, -0.25) is 14.9 Å². The zero-order chi connectivity index (χ0) is 24.3. The van der Waals surface area contributed by atoms with E-state index in [1.165, 1.54) is 12.1 Å². The summed E-state index contributed by atoms with van der Waals surface area (Å²) in [6, 6.07) is 14.5. The molecule has 0 radical (unpaired) electrons. The van der Waals surface area contributed by atoms with Crippen LogP contribution in [-0.4, -0.2) is 63.3 Å². The molecule has 0 N–H and O–H groups in total. The predicted molar refractivity (Wildman–Crippen MR) is 134 cm³/mol. The monoisotopic (exact) mass is 454 g/mol. The summed E-state index contributed by atoms with van der Waals surface area (Å²) in [4.78, 5) is 24.3. The number of rotatable bonds is 13. The first-order chi connectivity index (χ1) is 15.6. The van der Waals surface area contributed by atoms with E-state index in [-0.39, 0.29) is 11.7 Å². The van der Waals surface area contributed by atoms with Crippen LogP contribution in [0.25, 0.3) is 12.2 Å². The van der Waals surface area contributed by atoms with Gasteiger partial charge in [-0.05, 0) is 54.7 Å². The lowest BCUT2D eigenvalue weighted by molar-refractivity contribution is -0.870. The molecular weight excluding hydrogens is 418 g/mol. The summed E-state index contributed by atoms with van der Waals surface area (Å²) in [5.41, 5.74) is 3.05. The van der Waals surface area contributed by atoms with Gasteiger partial charge in [0.15, 0.2) is 0 Å². The summed E-state index contributed by atoms with van der Waals surface area (Å²) < 4.78 is 6.33. The Morgan fingerprint density at radius 1 is 0.970 bits per heavy atom. The van der Waals surface area contributed by atoms with Crippen LogP contribution in [-0.2, 0) is 9.53 Å². The summed E-state index contributed by atoms with van der Waals surface area (Å²) >= 11 is 0. The van der Waals surface area contributed by atoms with Crippen LogP contribution in [0.4, 0.5) is 11.4 Å². The maximum atomic E-state index is 11.9. The van der Waals surface area contributed by atoms with Crippen LogP contribution >= 0.6 is 0 Å². The van der Waals surface area contributed by atoms with Crippen LogP contribution < -0.4 is 4.90 Å². The molecule has 33 heavy (non-hydrogen) atoms. The molecule has 7 nitrogen and oxygen atoms in total. The van der Waals surface area contributed by atoms with E-state index < -0.39 is 4.92 Å². The molecule has 0 saturated carbocycles. The number of hydrogen-bond donors (Lipinski definition) is 0. The fraction of sp³-hybridized carbons (Fsp3) is 0.423. The van der Waals surface area contributed by atoms with Crippen LogP contribution in [0, 0.1) is 10.1 Å². The lowest BCUT2D eigenvalue weighted by Gasteiger charge is -2.23. The molecule has 0 aliphatic carbocycles. The molecule has 0 saturated heterocycles. The first kappa shape index (κ1) is 26.1. The Hall–Kier alpha value is -3.19. The fourth-order valence-electron chi connectivity index (χ4n) is 3.27. The highest BCUT2D eigenvalue weighted by molar-refractivity contribution is 5.71. The number of hydrogen-bond acceptors (Lipinski definition) is 5. The summed E-state index contributed by atoms with van der Waals surface area (Å²) in [5, 5.41) is 10.7. The Morgan fingerprint density at radius 3 is 2.09 bits per heavy atom. The molecule has 0 fully saturated rings. The van der Waals surface area contributed by atoms with E-state index in [2.05, 4.69) is 26.0 Å². The third-order valence-corrected chi connectivity index (χ3v) is 5.31. The highest BCUT2D eigenvalue weighted by atomic mass is 16.6. The molecule has 2 rings (SSSR count). The van der Waals surface area contributed by atoms with Crippen molar-refractivity contribution in [2.24, 2.45) is 0 Å². The molecule has 0 heterocycles. The van der Waals surface area contributed by atoms with Gasteiger partial charge in [-0.25, -0.2) is 0 Å². The van der Waals surface area contributed by atoms with Crippen molar-refractivity contribution in [3.63, 3.8) is 0 Å². The van der Waals surface area contributed by atoms with E-state index in [0.717, 1.165) is 47.1 Å². The zero-order valence-electron chi connectivity index (χ0n) is 20.2. The maximum absolute atomic E-state index is 11.9. The number of quaternary nitrogens is 1. The predicted octanol–water partition coefficient (Wildman–Crippen LogP) is 5.01. The van der Waals surface area contributed by atoms with Crippen LogP contribution in [0.15, 0.2) is 48.5 Å². The summed E-state index contributed by atoms with van der Waals surface area (Å²) in [5.74, 6) is -0.125. The van der Waals surface area contributed by atoms with E-state index in [1.54, 1.807) is 12.1 Å². The van der Waals surface area contributed by atoms with E-state index in [1.807, 2.05) is 43.5 Å². The SMILES string of the molecule is CN(CCOC(=O)CCCCC[N+](C)(C)C)c1ccc(/C=C/c2ccc([N+](=O)[O-])cc2)cc1. The number of unbranched alkanes of at least 4 members (excludes halogenated alkanes) is 2. The second-order valence-corrected chi connectivity index (χ2v) is 9.24. The van der Waals surface area contributed by atoms with Gasteiger partial charge in [0.25, 0.3) is 5.69 Å². The van der Waals surface area contributed by atoms with Gasteiger partial charge in [0.1, 0.15) is 6.61 Å². The number of benzene rings is 2. The number of nitro benzene ring substituents is 1. The molecule has 0 aromatic heterocycles. The van der Waals surface area contributed by atoms with Crippen molar-refractivity contribution in [1.29, 1.82) is 0 Å². The number of ether oxygens (including phenoxy) is 1. The van der Waals surface area contributed by atoms with Crippen LogP contribution in [0.3, 0.4) is 0 Å². The molecule has 7 heteroatoms. The highest BCUT2D eigenvalue weighted by Gasteiger charge is 2.08. The summed E-state index contributed by atoms with van der Waals surface area (Å²) in [7, 11) is 8.51. The lowest BCUT2D eigenvalue weighted by atomic mass is 10.1. The highest BCUT2D eigenvalue weighted by Crippen LogP contribution is 2.17. The van der Waals surface area contributed by atoms with E-state index in [4.69, 9.17) is 4.74 Å². The minimum atomic E-state index is -0.404. The van der Waals surface area contributed by atoms with Crippen molar-refractivity contribution < 1.29 is 18.9 Å². The van der Waals surface area contributed by atoms with Gasteiger partial charge in [0, 0.05) is 31.3 Å². The van der Waals surface area contributed by atoms with Gasteiger partial charge in [-0.1, -0.05) is 24.3 Å². The molecular formula is C26H36N3O4+. The van der Waals surface area contributed by atoms with Crippen molar-refractivity contribution >= 4 is 29.5 Å². The zero-order valence-corrected chi connectivity index (χ0v) is 20.2. The summed E-state index contributed by atoms with van der Waals surface area (Å²) in [6.07, 6.45) is 7.42. The van der Waals surface area contributed by atoms with Crippen molar-refractivity contribution in [1.82, 2.24) is 0 Å². The average molecular weight is 455 g/mol. The molecule has 2 aromatic rings. The smallest absolute Gasteiger partial charge is 0.305 e. The number of anilines is 1. The molecule has 0 bridgehead atoms. The minimum absolute atomic E-state index is 0.0840. The topological polar surface area (TPSA) is 72.7 Å². The molecule has 0 spiro atoms. The van der Waals surface area contributed by atoms with E-state index in [0.29, 0.717) is 19.6 Å². The van der Waals surface area contributed by atoms with Gasteiger partial charge < -0.3 is 14.1 Å². The van der Waals surface area contributed by atoms with Crippen LogP contribution in [0.2, 0.25) is 0 Å².